The monoisotopic (exact) mass is 266 g/mol. The second-order valence-electron chi connectivity index (χ2n) is 5.34. The van der Waals surface area contributed by atoms with Crippen molar-refractivity contribution in [2.24, 2.45) is 5.92 Å². The molecule has 20 heavy (non-hydrogen) atoms. The van der Waals surface area contributed by atoms with Crippen molar-refractivity contribution in [3.8, 4) is 5.75 Å². The van der Waals surface area contributed by atoms with E-state index in [1.165, 1.54) is 5.56 Å². The molecule has 0 spiro atoms. The molecule has 1 saturated heterocycles. The molecule has 1 radical (unpaired) electrons. The lowest BCUT2D eigenvalue weighted by Gasteiger charge is -2.31. The minimum Gasteiger partial charge on any atom is -0.489 e. The smallest absolute Gasteiger partial charge is 0.119 e. The zero-order valence-corrected chi connectivity index (χ0v) is 11.6. The second kappa shape index (κ2) is 6.58. The van der Waals surface area contributed by atoms with Crippen LogP contribution in [0.25, 0.3) is 0 Å². The normalized spacial score (nSPS) is 22.4. The van der Waals surface area contributed by atoms with E-state index in [4.69, 9.17) is 4.74 Å². The predicted octanol–water partition coefficient (Wildman–Crippen LogP) is 3.30. The average molecular weight is 266 g/mol. The number of ether oxygens (including phenoxy) is 1. The number of hydrogen-bond acceptors (Lipinski definition) is 1. The van der Waals surface area contributed by atoms with E-state index in [1.54, 1.807) is 0 Å². The van der Waals surface area contributed by atoms with Crippen LogP contribution in [0.3, 0.4) is 0 Å². The Bertz CT molecular complexity index is 462. The molecule has 0 amide bonds. The molecule has 2 heteroatoms. The highest BCUT2D eigenvalue weighted by molar-refractivity contribution is 5.22. The van der Waals surface area contributed by atoms with E-state index in [0.717, 1.165) is 31.7 Å². The summed E-state index contributed by atoms with van der Waals surface area (Å²) in [7, 11) is 0. The molecule has 1 aliphatic heterocycles. The summed E-state index contributed by atoms with van der Waals surface area (Å²) in [6, 6.07) is 20.8. The van der Waals surface area contributed by atoms with Crippen molar-refractivity contribution in [3.05, 3.63) is 66.2 Å². The fraction of sp³-hybridized carbons (Fsp3) is 0.333. The van der Waals surface area contributed by atoms with E-state index < -0.39 is 0 Å². The van der Waals surface area contributed by atoms with Crippen LogP contribution in [-0.4, -0.2) is 19.2 Å². The molecule has 2 aromatic carbocycles. The van der Waals surface area contributed by atoms with E-state index >= 15 is 0 Å². The van der Waals surface area contributed by atoms with Crippen molar-refractivity contribution in [2.75, 3.05) is 13.1 Å². The first kappa shape index (κ1) is 13.2. The summed E-state index contributed by atoms with van der Waals surface area (Å²) in [6.45, 7) is 1.78. The largest absolute Gasteiger partial charge is 0.489 e. The fourth-order valence-corrected chi connectivity index (χ4v) is 2.77. The van der Waals surface area contributed by atoms with E-state index in [1.807, 2.05) is 30.3 Å². The minimum absolute atomic E-state index is 0.200. The number of para-hydroxylation sites is 1. The van der Waals surface area contributed by atoms with Crippen LogP contribution >= 0.6 is 0 Å². The summed E-state index contributed by atoms with van der Waals surface area (Å²) in [5.41, 5.74) is 1.39. The molecule has 0 bridgehead atoms. The molecule has 2 unspecified atom stereocenters. The third kappa shape index (κ3) is 3.40. The van der Waals surface area contributed by atoms with E-state index in [-0.39, 0.29) is 6.10 Å². The van der Waals surface area contributed by atoms with Gasteiger partial charge < -0.3 is 4.74 Å². The third-order valence-corrected chi connectivity index (χ3v) is 3.86. The fourth-order valence-electron chi connectivity index (χ4n) is 2.77. The van der Waals surface area contributed by atoms with Crippen LogP contribution < -0.4 is 10.1 Å². The SMILES string of the molecule is c1ccc(CC2CC[N]CC2Oc2ccccc2)cc1. The highest BCUT2D eigenvalue weighted by Crippen LogP contribution is 2.23. The molecular formula is C18H20NO. The van der Waals surface area contributed by atoms with Gasteiger partial charge >= 0.3 is 0 Å². The number of piperidine rings is 1. The summed E-state index contributed by atoms with van der Waals surface area (Å²) < 4.78 is 6.15. The predicted molar refractivity (Wildman–Crippen MR) is 81.0 cm³/mol. The minimum atomic E-state index is 0.200. The van der Waals surface area contributed by atoms with Crippen molar-refractivity contribution in [3.63, 3.8) is 0 Å². The van der Waals surface area contributed by atoms with Gasteiger partial charge in [0.2, 0.25) is 0 Å². The van der Waals surface area contributed by atoms with Crippen LogP contribution in [0.5, 0.6) is 5.75 Å². The Labute approximate surface area is 120 Å². The van der Waals surface area contributed by atoms with Crippen LogP contribution in [0.1, 0.15) is 12.0 Å². The van der Waals surface area contributed by atoms with Gasteiger partial charge in [0.1, 0.15) is 11.9 Å². The van der Waals surface area contributed by atoms with Gasteiger partial charge in [-0.1, -0.05) is 48.5 Å². The maximum atomic E-state index is 6.15. The van der Waals surface area contributed by atoms with Crippen LogP contribution in [0, 0.1) is 5.92 Å². The molecule has 1 fully saturated rings. The number of nitrogens with zero attached hydrogens (tertiary/aromatic N) is 1. The lowest BCUT2D eigenvalue weighted by atomic mass is 9.88. The number of hydrogen-bond donors (Lipinski definition) is 0. The van der Waals surface area contributed by atoms with Crippen molar-refractivity contribution < 1.29 is 4.74 Å². The summed E-state index contributed by atoms with van der Waals surface area (Å²) >= 11 is 0. The van der Waals surface area contributed by atoms with E-state index in [9.17, 15) is 0 Å². The maximum Gasteiger partial charge on any atom is 0.119 e. The quantitative estimate of drug-likeness (QED) is 0.832. The van der Waals surface area contributed by atoms with Crippen LogP contribution in [0.15, 0.2) is 60.7 Å². The Balaban J connectivity index is 1.68. The zero-order chi connectivity index (χ0) is 13.6. The molecular weight excluding hydrogens is 246 g/mol. The summed E-state index contributed by atoms with van der Waals surface area (Å²) in [5, 5.41) is 4.52. The van der Waals surface area contributed by atoms with Crippen molar-refractivity contribution in [2.45, 2.75) is 18.9 Å². The third-order valence-electron chi connectivity index (χ3n) is 3.86. The van der Waals surface area contributed by atoms with Crippen LogP contribution in [0.4, 0.5) is 0 Å². The molecule has 0 aliphatic carbocycles. The van der Waals surface area contributed by atoms with Crippen molar-refractivity contribution >= 4 is 0 Å². The standard InChI is InChI=1S/C18H20NO/c1-3-7-15(8-4-1)13-16-11-12-19-14-18(16)20-17-9-5-2-6-10-17/h1-10,16,18H,11-14H2. The Kier molecular flexibility index (Phi) is 4.34. The molecule has 103 valence electrons. The molecule has 0 saturated carbocycles. The molecule has 3 rings (SSSR count). The first-order valence-electron chi connectivity index (χ1n) is 7.31. The second-order valence-corrected chi connectivity index (χ2v) is 5.34. The zero-order valence-electron chi connectivity index (χ0n) is 11.6. The Morgan fingerprint density at radius 1 is 0.950 bits per heavy atom. The Morgan fingerprint density at radius 3 is 2.40 bits per heavy atom. The van der Waals surface area contributed by atoms with Gasteiger partial charge in [-0.05, 0) is 30.5 Å². The van der Waals surface area contributed by atoms with Crippen LogP contribution in [-0.2, 0) is 6.42 Å². The molecule has 1 heterocycles. The van der Waals surface area contributed by atoms with Gasteiger partial charge in [0.25, 0.3) is 0 Å². The molecule has 2 aromatic rings. The molecule has 1 aliphatic rings. The summed E-state index contributed by atoms with van der Waals surface area (Å²) in [5.74, 6) is 1.50. The first-order valence-corrected chi connectivity index (χ1v) is 7.31. The van der Waals surface area contributed by atoms with Gasteiger partial charge in [-0.2, -0.15) is 0 Å². The highest BCUT2D eigenvalue weighted by atomic mass is 16.5. The molecule has 2 nitrogen and oxygen atoms in total. The Hall–Kier alpha value is -1.80. The van der Waals surface area contributed by atoms with Gasteiger partial charge in [0, 0.05) is 12.5 Å². The van der Waals surface area contributed by atoms with E-state index in [2.05, 4.69) is 35.6 Å². The van der Waals surface area contributed by atoms with Crippen LogP contribution in [0.2, 0.25) is 0 Å². The maximum absolute atomic E-state index is 6.15. The highest BCUT2D eigenvalue weighted by Gasteiger charge is 2.27. The summed E-state index contributed by atoms with van der Waals surface area (Å²) in [4.78, 5) is 0. The lowest BCUT2D eigenvalue weighted by Crippen LogP contribution is -2.41. The van der Waals surface area contributed by atoms with Gasteiger partial charge in [-0.15, -0.1) is 0 Å². The Morgan fingerprint density at radius 2 is 1.65 bits per heavy atom. The number of benzene rings is 2. The van der Waals surface area contributed by atoms with Gasteiger partial charge in [-0.3, -0.25) is 0 Å². The van der Waals surface area contributed by atoms with Crippen molar-refractivity contribution in [1.82, 2.24) is 5.32 Å². The lowest BCUT2D eigenvalue weighted by molar-refractivity contribution is 0.103. The topological polar surface area (TPSA) is 23.3 Å². The molecule has 0 N–H and O–H groups in total. The first-order chi connectivity index (χ1) is 9.92. The number of rotatable bonds is 4. The van der Waals surface area contributed by atoms with Gasteiger partial charge in [0.15, 0.2) is 0 Å². The molecule has 0 aromatic heterocycles. The van der Waals surface area contributed by atoms with Gasteiger partial charge in [-0.25, -0.2) is 5.32 Å². The van der Waals surface area contributed by atoms with E-state index in [0.29, 0.717) is 5.92 Å². The summed E-state index contributed by atoms with van der Waals surface area (Å²) in [6.07, 6.45) is 2.40. The van der Waals surface area contributed by atoms with Crippen molar-refractivity contribution in [1.29, 1.82) is 0 Å². The molecule has 2 atom stereocenters. The average Bonchev–Trinajstić information content (AvgIpc) is 2.51. The van der Waals surface area contributed by atoms with Gasteiger partial charge in [0.05, 0.1) is 6.54 Å².